The highest BCUT2D eigenvalue weighted by atomic mass is 16.5. The van der Waals surface area contributed by atoms with Crippen molar-refractivity contribution in [3.63, 3.8) is 0 Å². The molecule has 1 aromatic heterocycles. The highest BCUT2D eigenvalue weighted by molar-refractivity contribution is 5.87. The average Bonchev–Trinajstić information content (AvgIpc) is 2.62. The quantitative estimate of drug-likeness (QED) is 0.722. The van der Waals surface area contributed by atoms with Gasteiger partial charge >= 0.3 is 5.97 Å². The molecule has 0 atom stereocenters. The maximum atomic E-state index is 11.3. The molecule has 5 nitrogen and oxygen atoms in total. The summed E-state index contributed by atoms with van der Waals surface area (Å²) in [6, 6.07) is 2.05. The molecule has 2 rings (SSSR count). The molecule has 5 heteroatoms. The molecular weight excluding hydrogens is 196 g/mol. The first kappa shape index (κ1) is 10.2. The Morgan fingerprint density at radius 1 is 1.73 bits per heavy atom. The molecule has 82 valence electrons. The average molecular weight is 210 g/mol. The third kappa shape index (κ3) is 2.03. The molecule has 0 aliphatic carbocycles. The maximum absolute atomic E-state index is 11.3. The predicted octanol–water partition coefficient (Wildman–Crippen LogP) is 0.209. The summed E-state index contributed by atoms with van der Waals surface area (Å²) in [6.07, 6.45) is 1.50. The zero-order valence-electron chi connectivity index (χ0n) is 8.60. The minimum absolute atomic E-state index is 0.262. The Morgan fingerprint density at radius 3 is 3.07 bits per heavy atom. The van der Waals surface area contributed by atoms with Crippen LogP contribution in [0, 0.1) is 0 Å². The fourth-order valence-corrected chi connectivity index (χ4v) is 1.71. The Morgan fingerprint density at radius 2 is 2.47 bits per heavy atom. The minimum atomic E-state index is -0.431. The van der Waals surface area contributed by atoms with Crippen molar-refractivity contribution >= 4 is 5.97 Å². The molecule has 0 saturated carbocycles. The van der Waals surface area contributed by atoms with Gasteiger partial charge in [-0.05, 0) is 6.07 Å². The van der Waals surface area contributed by atoms with Crippen LogP contribution in [0.15, 0.2) is 16.7 Å². The monoisotopic (exact) mass is 210 g/mol. The summed E-state index contributed by atoms with van der Waals surface area (Å²) in [4.78, 5) is 13.4. The van der Waals surface area contributed by atoms with Gasteiger partial charge in [0.2, 0.25) is 5.76 Å². The minimum Gasteiger partial charge on any atom is -0.463 e. The van der Waals surface area contributed by atoms with Crippen molar-refractivity contribution < 1.29 is 13.9 Å². The number of nitrogens with zero attached hydrogens (tertiary/aromatic N) is 1. The number of hydrogen-bond acceptors (Lipinski definition) is 5. The molecule has 0 radical (unpaired) electrons. The van der Waals surface area contributed by atoms with Gasteiger partial charge in [0.1, 0.15) is 0 Å². The summed E-state index contributed by atoms with van der Waals surface area (Å²) < 4.78 is 9.69. The highest BCUT2D eigenvalue weighted by Crippen LogP contribution is 2.17. The van der Waals surface area contributed by atoms with Crippen molar-refractivity contribution in [2.24, 2.45) is 5.73 Å². The molecule has 0 spiro atoms. The normalized spacial score (nSPS) is 17.5. The van der Waals surface area contributed by atoms with E-state index in [0.29, 0.717) is 6.54 Å². The zero-order chi connectivity index (χ0) is 10.8. The van der Waals surface area contributed by atoms with Crippen LogP contribution < -0.4 is 5.73 Å². The van der Waals surface area contributed by atoms with Crippen LogP contribution in [-0.4, -0.2) is 37.1 Å². The van der Waals surface area contributed by atoms with Crippen LogP contribution in [0.5, 0.6) is 0 Å². The molecule has 1 aliphatic heterocycles. The number of rotatable bonds is 3. The van der Waals surface area contributed by atoms with Crippen molar-refractivity contribution in [1.29, 1.82) is 0 Å². The number of esters is 1. The van der Waals surface area contributed by atoms with Crippen molar-refractivity contribution in [2.75, 3.05) is 20.2 Å². The smallest absolute Gasteiger partial charge is 0.374 e. The summed E-state index contributed by atoms with van der Waals surface area (Å²) in [5.41, 5.74) is 6.52. The molecule has 0 bridgehead atoms. The maximum Gasteiger partial charge on any atom is 0.374 e. The summed E-state index contributed by atoms with van der Waals surface area (Å²) in [7, 11) is 1.34. The summed E-state index contributed by atoms with van der Waals surface area (Å²) in [6.45, 7) is 2.42. The lowest BCUT2D eigenvalue weighted by Gasteiger charge is -2.36. The molecule has 2 heterocycles. The Hall–Kier alpha value is -1.33. The molecule has 0 unspecified atom stereocenters. The summed E-state index contributed by atoms with van der Waals surface area (Å²) in [5, 5.41) is 0. The van der Waals surface area contributed by atoms with E-state index in [1.165, 1.54) is 13.4 Å². The van der Waals surface area contributed by atoms with Gasteiger partial charge < -0.3 is 14.9 Å². The number of carbonyl (C=O) groups excluding carboxylic acids is 1. The summed E-state index contributed by atoms with van der Waals surface area (Å²) in [5.74, 6) is -0.141. The topological polar surface area (TPSA) is 68.7 Å². The number of likely N-dealkylation sites (tertiary alicyclic amines) is 1. The van der Waals surface area contributed by atoms with E-state index in [4.69, 9.17) is 10.2 Å². The van der Waals surface area contributed by atoms with Crippen molar-refractivity contribution in [2.45, 2.75) is 12.6 Å². The second-order valence-electron chi connectivity index (χ2n) is 3.72. The molecule has 1 saturated heterocycles. The van der Waals surface area contributed by atoms with E-state index in [0.717, 1.165) is 18.7 Å². The Balaban J connectivity index is 2.02. The number of methoxy groups -OCH3 is 1. The SMILES string of the molecule is COC(=O)c1occc1CN1CC(N)C1. The van der Waals surface area contributed by atoms with E-state index >= 15 is 0 Å². The second kappa shape index (κ2) is 4.04. The van der Waals surface area contributed by atoms with Gasteiger partial charge in [-0.15, -0.1) is 0 Å². The number of nitrogens with two attached hydrogens (primary N) is 1. The number of carbonyl (C=O) groups is 1. The van der Waals surface area contributed by atoms with Gasteiger partial charge in [0, 0.05) is 31.2 Å². The van der Waals surface area contributed by atoms with Gasteiger partial charge in [-0.3, -0.25) is 4.90 Å². The van der Waals surface area contributed by atoms with Gasteiger partial charge in [-0.25, -0.2) is 4.79 Å². The fourth-order valence-electron chi connectivity index (χ4n) is 1.71. The van der Waals surface area contributed by atoms with E-state index in [9.17, 15) is 4.79 Å². The van der Waals surface area contributed by atoms with Crippen LogP contribution in [0.1, 0.15) is 16.1 Å². The van der Waals surface area contributed by atoms with Crippen LogP contribution in [0.2, 0.25) is 0 Å². The van der Waals surface area contributed by atoms with Crippen LogP contribution in [0.3, 0.4) is 0 Å². The Kier molecular flexibility index (Phi) is 2.75. The molecule has 15 heavy (non-hydrogen) atoms. The van der Waals surface area contributed by atoms with Gasteiger partial charge in [0.05, 0.1) is 13.4 Å². The largest absolute Gasteiger partial charge is 0.463 e. The third-order valence-electron chi connectivity index (χ3n) is 2.50. The zero-order valence-corrected chi connectivity index (χ0v) is 8.60. The van der Waals surface area contributed by atoms with Gasteiger partial charge in [0.25, 0.3) is 0 Å². The van der Waals surface area contributed by atoms with Crippen molar-refractivity contribution in [3.8, 4) is 0 Å². The van der Waals surface area contributed by atoms with Crippen molar-refractivity contribution in [1.82, 2.24) is 4.90 Å². The van der Waals surface area contributed by atoms with Gasteiger partial charge in [-0.1, -0.05) is 0 Å². The first-order chi connectivity index (χ1) is 7.20. The molecule has 1 fully saturated rings. The first-order valence-corrected chi connectivity index (χ1v) is 4.83. The number of ether oxygens (including phenoxy) is 1. The molecule has 2 N–H and O–H groups in total. The Labute approximate surface area is 87.8 Å². The predicted molar refractivity (Wildman–Crippen MR) is 53.3 cm³/mol. The third-order valence-corrected chi connectivity index (χ3v) is 2.50. The second-order valence-corrected chi connectivity index (χ2v) is 3.72. The lowest BCUT2D eigenvalue weighted by atomic mass is 10.1. The standard InChI is InChI=1S/C10H14N2O3/c1-14-10(13)9-7(2-3-15-9)4-12-5-8(11)6-12/h2-3,8H,4-6,11H2,1H3. The van der Waals surface area contributed by atoms with E-state index in [1.54, 1.807) is 6.07 Å². The van der Waals surface area contributed by atoms with Gasteiger partial charge in [0.15, 0.2) is 0 Å². The molecule has 1 aliphatic rings. The van der Waals surface area contributed by atoms with E-state index in [1.807, 2.05) is 0 Å². The van der Waals surface area contributed by atoms with Crippen LogP contribution in [0.4, 0.5) is 0 Å². The van der Waals surface area contributed by atoms with E-state index in [-0.39, 0.29) is 11.8 Å². The Bertz CT molecular complexity index is 355. The van der Waals surface area contributed by atoms with Crippen LogP contribution in [0.25, 0.3) is 0 Å². The van der Waals surface area contributed by atoms with E-state index in [2.05, 4.69) is 9.64 Å². The molecule has 1 aromatic rings. The van der Waals surface area contributed by atoms with Crippen molar-refractivity contribution in [3.05, 3.63) is 23.7 Å². The highest BCUT2D eigenvalue weighted by Gasteiger charge is 2.25. The summed E-state index contributed by atoms with van der Waals surface area (Å²) >= 11 is 0. The number of furan rings is 1. The van der Waals surface area contributed by atoms with E-state index < -0.39 is 5.97 Å². The molecule has 0 amide bonds. The molecular formula is C10H14N2O3. The lowest BCUT2D eigenvalue weighted by Crippen LogP contribution is -2.54. The fraction of sp³-hybridized carbons (Fsp3) is 0.500. The lowest BCUT2D eigenvalue weighted by molar-refractivity contribution is 0.0559. The molecule has 0 aromatic carbocycles. The first-order valence-electron chi connectivity index (χ1n) is 4.83. The van der Waals surface area contributed by atoms with Gasteiger partial charge in [-0.2, -0.15) is 0 Å². The van der Waals surface area contributed by atoms with Crippen LogP contribution >= 0.6 is 0 Å². The number of hydrogen-bond donors (Lipinski definition) is 1. The van der Waals surface area contributed by atoms with Crippen LogP contribution in [-0.2, 0) is 11.3 Å².